The van der Waals surface area contributed by atoms with Gasteiger partial charge in [-0.25, -0.2) is 0 Å². The monoisotopic (exact) mass is 333 g/mol. The molecule has 6 nitrogen and oxygen atoms in total. The first-order valence-electron chi connectivity index (χ1n) is 9.19. The fraction of sp³-hybridized carbons (Fsp3) is 0.833. The van der Waals surface area contributed by atoms with E-state index in [1.165, 1.54) is 0 Å². The number of amides is 1. The van der Waals surface area contributed by atoms with Crippen molar-refractivity contribution >= 4 is 5.91 Å². The molecule has 1 aromatic heterocycles. The third-order valence-corrected chi connectivity index (χ3v) is 5.35. The maximum atomic E-state index is 12.4. The van der Waals surface area contributed by atoms with Crippen LogP contribution >= 0.6 is 0 Å². The molecule has 2 bridgehead atoms. The molecule has 3 saturated heterocycles. The third kappa shape index (κ3) is 3.63. The number of nitrogens with one attached hydrogen (secondary N) is 1. The summed E-state index contributed by atoms with van der Waals surface area (Å²) in [6.07, 6.45) is 4.30. The highest BCUT2D eigenvalue weighted by atomic mass is 16.2. The molecule has 0 aliphatic carbocycles. The Morgan fingerprint density at radius 2 is 2.17 bits per heavy atom. The van der Waals surface area contributed by atoms with Crippen molar-refractivity contribution in [3.05, 3.63) is 11.9 Å². The quantitative estimate of drug-likeness (QED) is 0.913. The van der Waals surface area contributed by atoms with Gasteiger partial charge in [-0.3, -0.25) is 14.4 Å². The number of carbonyl (C=O) groups excluding carboxylic acids is 1. The summed E-state index contributed by atoms with van der Waals surface area (Å²) in [6.45, 7) is 13.4. The Balaban J connectivity index is 1.62. The van der Waals surface area contributed by atoms with E-state index in [4.69, 9.17) is 0 Å². The van der Waals surface area contributed by atoms with Gasteiger partial charge < -0.3 is 5.32 Å². The van der Waals surface area contributed by atoms with Gasteiger partial charge in [0.2, 0.25) is 5.91 Å². The van der Waals surface area contributed by atoms with E-state index in [0.717, 1.165) is 38.2 Å². The Kier molecular flexibility index (Phi) is 4.69. The number of aromatic nitrogens is 3. The molecule has 0 spiro atoms. The van der Waals surface area contributed by atoms with Gasteiger partial charge in [0.1, 0.15) is 0 Å². The molecule has 0 aromatic carbocycles. The number of piperidine rings is 3. The molecule has 4 rings (SSSR count). The Labute approximate surface area is 145 Å². The van der Waals surface area contributed by atoms with Crippen LogP contribution in [-0.2, 0) is 16.8 Å². The molecule has 4 heterocycles. The van der Waals surface area contributed by atoms with E-state index in [2.05, 4.69) is 47.5 Å². The number of hydrogen-bond donors (Lipinski definition) is 1. The van der Waals surface area contributed by atoms with Gasteiger partial charge in [0.05, 0.1) is 18.2 Å². The maximum absolute atomic E-state index is 12.4. The van der Waals surface area contributed by atoms with E-state index >= 15 is 0 Å². The predicted octanol–water partition coefficient (Wildman–Crippen LogP) is 1.81. The fourth-order valence-electron chi connectivity index (χ4n) is 3.96. The first-order chi connectivity index (χ1) is 11.2. The maximum Gasteiger partial charge on any atom is 0.224 e. The summed E-state index contributed by atoms with van der Waals surface area (Å²) in [7, 11) is 0. The van der Waals surface area contributed by atoms with Crippen LogP contribution < -0.4 is 5.32 Å². The molecule has 6 heteroatoms. The van der Waals surface area contributed by atoms with Crippen LogP contribution in [0, 0.1) is 11.8 Å². The molecule has 4 unspecified atom stereocenters. The second-order valence-electron chi connectivity index (χ2n) is 8.78. The minimum Gasteiger partial charge on any atom is -0.354 e. The van der Waals surface area contributed by atoms with Crippen LogP contribution in [0.15, 0.2) is 6.20 Å². The van der Waals surface area contributed by atoms with Crippen LogP contribution in [0.25, 0.3) is 0 Å². The highest BCUT2D eigenvalue weighted by Gasteiger charge is 2.43. The molecule has 0 saturated carbocycles. The predicted molar refractivity (Wildman–Crippen MR) is 93.6 cm³/mol. The molecule has 1 aromatic rings. The lowest BCUT2D eigenvalue weighted by Crippen LogP contribution is -2.58. The molecule has 3 aliphatic heterocycles. The van der Waals surface area contributed by atoms with Crippen molar-refractivity contribution in [3.8, 4) is 0 Å². The van der Waals surface area contributed by atoms with Crippen LogP contribution in [0.2, 0.25) is 0 Å². The number of carbonyl (C=O) groups is 1. The number of rotatable bonds is 4. The van der Waals surface area contributed by atoms with Gasteiger partial charge in [0.25, 0.3) is 0 Å². The standard InChI is InChI=1S/C18H31N5O/c1-12(2)19-17(24)15-10-22-7-6-13(15)8-14(22)9-23-11-16(20-21-23)18(3,4)5/h11-15H,6-10H2,1-5H3,(H,19,24). The summed E-state index contributed by atoms with van der Waals surface area (Å²) in [5.74, 6) is 0.886. The molecule has 4 atom stereocenters. The van der Waals surface area contributed by atoms with Crippen molar-refractivity contribution < 1.29 is 4.79 Å². The average molecular weight is 333 g/mol. The smallest absolute Gasteiger partial charge is 0.224 e. The van der Waals surface area contributed by atoms with Gasteiger partial charge >= 0.3 is 0 Å². The molecule has 1 amide bonds. The number of hydrogen-bond acceptors (Lipinski definition) is 4. The second-order valence-corrected chi connectivity index (χ2v) is 8.78. The van der Waals surface area contributed by atoms with Gasteiger partial charge in [0.15, 0.2) is 0 Å². The van der Waals surface area contributed by atoms with Crippen molar-refractivity contribution in [1.82, 2.24) is 25.2 Å². The number of nitrogens with zero attached hydrogens (tertiary/aromatic N) is 4. The summed E-state index contributed by atoms with van der Waals surface area (Å²) >= 11 is 0. The van der Waals surface area contributed by atoms with Crippen LogP contribution in [0.4, 0.5) is 0 Å². The summed E-state index contributed by atoms with van der Waals surface area (Å²) in [6, 6.07) is 0.691. The Hall–Kier alpha value is -1.43. The zero-order valence-electron chi connectivity index (χ0n) is 15.6. The van der Waals surface area contributed by atoms with Crippen molar-refractivity contribution in [2.75, 3.05) is 13.1 Å². The van der Waals surface area contributed by atoms with Gasteiger partial charge in [-0.15, -0.1) is 5.10 Å². The van der Waals surface area contributed by atoms with E-state index < -0.39 is 0 Å². The van der Waals surface area contributed by atoms with Gasteiger partial charge in [-0.1, -0.05) is 26.0 Å². The molecule has 3 aliphatic rings. The second kappa shape index (κ2) is 6.47. The lowest BCUT2D eigenvalue weighted by Gasteiger charge is -2.49. The lowest BCUT2D eigenvalue weighted by molar-refractivity contribution is -0.133. The summed E-state index contributed by atoms with van der Waals surface area (Å²) in [5.41, 5.74) is 1.07. The van der Waals surface area contributed by atoms with E-state index in [0.29, 0.717) is 12.0 Å². The van der Waals surface area contributed by atoms with Gasteiger partial charge in [0, 0.05) is 30.2 Å². The molecular formula is C18H31N5O. The molecule has 1 N–H and O–H groups in total. The van der Waals surface area contributed by atoms with Gasteiger partial charge in [-0.2, -0.15) is 0 Å². The minimum atomic E-state index is 0.0319. The van der Waals surface area contributed by atoms with Crippen LogP contribution in [0.3, 0.4) is 0 Å². The minimum absolute atomic E-state index is 0.0319. The number of fused-ring (bicyclic) bond motifs is 3. The van der Waals surface area contributed by atoms with Crippen molar-refractivity contribution in [2.45, 2.75) is 71.5 Å². The highest BCUT2D eigenvalue weighted by Crippen LogP contribution is 2.37. The van der Waals surface area contributed by atoms with Crippen molar-refractivity contribution in [1.29, 1.82) is 0 Å². The molecule has 24 heavy (non-hydrogen) atoms. The first-order valence-corrected chi connectivity index (χ1v) is 9.19. The fourth-order valence-corrected chi connectivity index (χ4v) is 3.96. The van der Waals surface area contributed by atoms with E-state index in [9.17, 15) is 4.79 Å². The zero-order chi connectivity index (χ0) is 17.5. The van der Waals surface area contributed by atoms with E-state index in [1.807, 2.05) is 18.5 Å². The largest absolute Gasteiger partial charge is 0.354 e. The van der Waals surface area contributed by atoms with Gasteiger partial charge in [-0.05, 0) is 39.2 Å². The SMILES string of the molecule is CC(C)NC(=O)C1CN2CCC1CC2Cn1cc(C(C)(C)C)nn1. The van der Waals surface area contributed by atoms with E-state index in [-0.39, 0.29) is 23.3 Å². The molecule has 134 valence electrons. The normalized spacial score (nSPS) is 29.9. The molecular weight excluding hydrogens is 302 g/mol. The summed E-state index contributed by atoms with van der Waals surface area (Å²) < 4.78 is 1.98. The van der Waals surface area contributed by atoms with Crippen LogP contribution in [0.5, 0.6) is 0 Å². The summed E-state index contributed by atoms with van der Waals surface area (Å²) in [5, 5.41) is 11.7. The Morgan fingerprint density at radius 3 is 2.71 bits per heavy atom. The van der Waals surface area contributed by atoms with Crippen LogP contribution in [-0.4, -0.2) is 51.0 Å². The summed E-state index contributed by atoms with van der Waals surface area (Å²) in [4.78, 5) is 14.9. The Bertz CT molecular complexity index is 588. The van der Waals surface area contributed by atoms with E-state index in [1.54, 1.807) is 0 Å². The lowest BCUT2D eigenvalue weighted by atomic mass is 9.75. The first kappa shape index (κ1) is 17.4. The highest BCUT2D eigenvalue weighted by molar-refractivity contribution is 5.79. The zero-order valence-corrected chi connectivity index (χ0v) is 15.6. The van der Waals surface area contributed by atoms with Crippen LogP contribution in [0.1, 0.15) is 53.2 Å². The molecule has 3 fully saturated rings. The topological polar surface area (TPSA) is 63.1 Å². The third-order valence-electron chi connectivity index (χ3n) is 5.35. The average Bonchev–Trinajstić information content (AvgIpc) is 2.96. The Morgan fingerprint density at radius 1 is 1.42 bits per heavy atom. The van der Waals surface area contributed by atoms with Crippen molar-refractivity contribution in [2.24, 2.45) is 11.8 Å². The molecule has 0 radical (unpaired) electrons. The van der Waals surface area contributed by atoms with Crippen molar-refractivity contribution in [3.63, 3.8) is 0 Å².